The van der Waals surface area contributed by atoms with Crippen LogP contribution in [0.25, 0.3) is 5.76 Å². The monoisotopic (exact) mass is 526 g/mol. The lowest BCUT2D eigenvalue weighted by atomic mass is 9.94. The van der Waals surface area contributed by atoms with E-state index in [1.54, 1.807) is 54.9 Å². The van der Waals surface area contributed by atoms with Crippen molar-refractivity contribution in [2.24, 2.45) is 0 Å². The highest BCUT2D eigenvalue weighted by Crippen LogP contribution is 2.43. The van der Waals surface area contributed by atoms with Crippen molar-refractivity contribution in [3.8, 4) is 17.2 Å². The number of carbonyl (C=O) groups excluding carboxylic acids is 2. The van der Waals surface area contributed by atoms with Crippen molar-refractivity contribution in [3.05, 3.63) is 101 Å². The Morgan fingerprint density at radius 3 is 2.77 bits per heavy atom. The zero-order valence-corrected chi connectivity index (χ0v) is 21.9. The van der Waals surface area contributed by atoms with Crippen LogP contribution in [0.3, 0.4) is 0 Å². The molecule has 3 heterocycles. The van der Waals surface area contributed by atoms with Gasteiger partial charge in [0.1, 0.15) is 18.5 Å². The minimum Gasteiger partial charge on any atom is -0.872 e. The molecule has 1 N–H and O–H groups in total. The second kappa shape index (κ2) is 11.0. The number of amides is 1. The van der Waals surface area contributed by atoms with Crippen LogP contribution >= 0.6 is 0 Å². The normalized spacial score (nSPS) is 19.5. The van der Waals surface area contributed by atoms with Crippen LogP contribution in [-0.2, 0) is 22.6 Å². The standard InChI is InChI=1S/C31H30N2O6/c1-4-13-38-25-11-8-21(16-26(25)37-5-2)28-27(29(34)22-9-10-24-23(15-22)14-19(3)39-24)30(35)31(36)33(28)18-20-7-6-12-32-17-20/h4,6-12,15-17,19,28,34H,1,5,13-14,18H2,2-3H3/b29-27+. The predicted molar refractivity (Wildman–Crippen MR) is 142 cm³/mol. The Bertz CT molecular complexity index is 1450. The van der Waals surface area contributed by atoms with E-state index in [1.165, 1.54) is 4.90 Å². The molecule has 2 atom stereocenters. The highest BCUT2D eigenvalue weighted by atomic mass is 16.5. The quantitative estimate of drug-likeness (QED) is 0.184. The average Bonchev–Trinajstić information content (AvgIpc) is 3.43. The van der Waals surface area contributed by atoms with E-state index in [-0.39, 0.29) is 24.8 Å². The summed E-state index contributed by atoms with van der Waals surface area (Å²) >= 11 is 0. The largest absolute Gasteiger partial charge is 0.872 e. The fourth-order valence-electron chi connectivity index (χ4n) is 5.06. The number of fused-ring (bicyclic) bond motifs is 1. The van der Waals surface area contributed by atoms with Crippen LogP contribution in [-0.4, -0.2) is 35.9 Å². The number of ketones is 1. The minimum absolute atomic E-state index is 0.0115. The lowest BCUT2D eigenvalue weighted by Gasteiger charge is -2.28. The Kier molecular flexibility index (Phi) is 7.36. The third-order valence-corrected chi connectivity index (χ3v) is 6.75. The summed E-state index contributed by atoms with van der Waals surface area (Å²) in [4.78, 5) is 31.3. The van der Waals surface area contributed by atoms with Crippen LogP contribution in [0.2, 0.25) is 0 Å². The van der Waals surface area contributed by atoms with Crippen molar-refractivity contribution < 1.29 is 33.9 Å². The number of ether oxygens (including phenoxy) is 3. The number of benzene rings is 2. The third kappa shape index (κ3) is 5.10. The Morgan fingerprint density at radius 1 is 1.18 bits per heavy atom. The summed E-state index contributed by atoms with van der Waals surface area (Å²) in [6.45, 7) is 8.30. The predicted octanol–water partition coefficient (Wildman–Crippen LogP) is 3.21. The number of aromatic nitrogens is 1. The molecule has 200 valence electrons. The second-order valence-corrected chi connectivity index (χ2v) is 9.51. The molecule has 8 nitrogen and oxygen atoms in total. The molecule has 8 heteroatoms. The van der Waals surface area contributed by atoms with E-state index in [4.69, 9.17) is 14.2 Å². The van der Waals surface area contributed by atoms with Gasteiger partial charge in [0, 0.05) is 23.6 Å². The summed E-state index contributed by atoms with van der Waals surface area (Å²) in [5.74, 6) is -0.330. The Morgan fingerprint density at radius 2 is 2.03 bits per heavy atom. The molecular weight excluding hydrogens is 496 g/mol. The number of pyridine rings is 1. The molecule has 0 spiro atoms. The fraction of sp³-hybridized carbons (Fsp3) is 0.258. The SMILES string of the molecule is C=CCOc1ccc(C2/C(=C(\[O-])c3ccc4c(c3)CC(C)O4)C(=O)C(=O)N2Cc2ccc[nH+]c2)cc1OCC. The number of nitrogens with zero attached hydrogens (tertiary/aromatic N) is 1. The van der Waals surface area contributed by atoms with Gasteiger partial charge in [-0.2, -0.15) is 0 Å². The maximum Gasteiger partial charge on any atom is 0.295 e. The first-order valence-corrected chi connectivity index (χ1v) is 12.9. The highest BCUT2D eigenvalue weighted by molar-refractivity contribution is 6.46. The molecule has 2 aliphatic rings. The summed E-state index contributed by atoms with van der Waals surface area (Å²) in [7, 11) is 0. The van der Waals surface area contributed by atoms with Crippen molar-refractivity contribution in [2.75, 3.05) is 13.2 Å². The Balaban J connectivity index is 1.64. The maximum absolute atomic E-state index is 13.9. The maximum atomic E-state index is 13.9. The van der Waals surface area contributed by atoms with Crippen LogP contribution in [0.1, 0.15) is 42.1 Å². The van der Waals surface area contributed by atoms with E-state index in [0.29, 0.717) is 35.7 Å². The number of Topliss-reactive ketones (excluding diaryl/α,β-unsaturated/α-hetero) is 1. The van der Waals surface area contributed by atoms with E-state index in [9.17, 15) is 14.7 Å². The van der Waals surface area contributed by atoms with Crippen LogP contribution in [0.15, 0.2) is 79.2 Å². The van der Waals surface area contributed by atoms with Gasteiger partial charge < -0.3 is 24.2 Å². The first-order valence-electron chi connectivity index (χ1n) is 12.9. The number of rotatable bonds is 9. The number of H-pyrrole nitrogens is 1. The van der Waals surface area contributed by atoms with Crippen molar-refractivity contribution in [1.82, 2.24) is 4.90 Å². The average molecular weight is 527 g/mol. The van der Waals surface area contributed by atoms with Gasteiger partial charge in [0.05, 0.1) is 19.2 Å². The summed E-state index contributed by atoms with van der Waals surface area (Å²) < 4.78 is 17.3. The number of likely N-dealkylation sites (tertiary alicyclic amines) is 1. The van der Waals surface area contributed by atoms with E-state index in [1.807, 2.05) is 26.0 Å². The fourth-order valence-corrected chi connectivity index (χ4v) is 5.06. The van der Waals surface area contributed by atoms with Crippen LogP contribution in [0.4, 0.5) is 0 Å². The van der Waals surface area contributed by atoms with Crippen molar-refractivity contribution >= 4 is 17.4 Å². The number of carbonyl (C=O) groups is 2. The van der Waals surface area contributed by atoms with Gasteiger partial charge in [-0.05, 0) is 60.9 Å². The molecule has 5 rings (SSSR count). The molecule has 0 aliphatic carbocycles. The van der Waals surface area contributed by atoms with Gasteiger partial charge in [-0.3, -0.25) is 9.59 Å². The van der Waals surface area contributed by atoms with E-state index >= 15 is 0 Å². The molecule has 3 aromatic rings. The number of hydrogen-bond acceptors (Lipinski definition) is 6. The summed E-state index contributed by atoms with van der Waals surface area (Å²) in [5.41, 5.74) is 2.52. The van der Waals surface area contributed by atoms with Crippen LogP contribution in [0, 0.1) is 0 Å². The van der Waals surface area contributed by atoms with E-state index < -0.39 is 23.5 Å². The van der Waals surface area contributed by atoms with Crippen molar-refractivity contribution in [3.63, 3.8) is 0 Å². The van der Waals surface area contributed by atoms with Crippen LogP contribution < -0.4 is 24.3 Å². The number of hydrogen-bond donors (Lipinski definition) is 0. The van der Waals surface area contributed by atoms with Crippen molar-refractivity contribution in [2.45, 2.75) is 39.0 Å². The topological polar surface area (TPSA) is 102 Å². The lowest BCUT2D eigenvalue weighted by Crippen LogP contribution is -2.29. The first-order chi connectivity index (χ1) is 18.9. The molecular formula is C31H30N2O6. The molecule has 1 amide bonds. The second-order valence-electron chi connectivity index (χ2n) is 9.51. The first kappa shape index (κ1) is 26.0. The Hall–Kier alpha value is -4.59. The van der Waals surface area contributed by atoms with Gasteiger partial charge in [-0.1, -0.05) is 30.5 Å². The summed E-state index contributed by atoms with van der Waals surface area (Å²) in [5, 5.41) is 13.9. The molecule has 2 aliphatic heterocycles. The highest BCUT2D eigenvalue weighted by Gasteiger charge is 2.44. The Labute approximate surface area is 227 Å². The van der Waals surface area contributed by atoms with E-state index in [2.05, 4.69) is 11.6 Å². The van der Waals surface area contributed by atoms with Gasteiger partial charge >= 0.3 is 0 Å². The number of aromatic amines is 1. The van der Waals surface area contributed by atoms with Gasteiger partial charge in [-0.25, -0.2) is 4.98 Å². The molecule has 2 aromatic carbocycles. The van der Waals surface area contributed by atoms with Gasteiger partial charge in [0.15, 0.2) is 23.9 Å². The smallest absolute Gasteiger partial charge is 0.295 e. The molecule has 1 aromatic heterocycles. The van der Waals surface area contributed by atoms with Crippen LogP contribution in [0.5, 0.6) is 17.2 Å². The minimum atomic E-state index is -0.909. The lowest BCUT2D eigenvalue weighted by molar-refractivity contribution is -0.378. The van der Waals surface area contributed by atoms with Crippen molar-refractivity contribution in [1.29, 1.82) is 0 Å². The third-order valence-electron chi connectivity index (χ3n) is 6.75. The van der Waals surface area contributed by atoms with Gasteiger partial charge in [-0.15, -0.1) is 0 Å². The summed E-state index contributed by atoms with van der Waals surface area (Å²) in [6.07, 6.45) is 5.83. The molecule has 1 saturated heterocycles. The van der Waals surface area contributed by atoms with Gasteiger partial charge in [0.2, 0.25) is 5.78 Å². The molecule has 0 saturated carbocycles. The summed E-state index contributed by atoms with van der Waals surface area (Å²) in [6, 6.07) is 13.1. The molecule has 1 fully saturated rings. The molecule has 0 bridgehead atoms. The zero-order valence-electron chi connectivity index (χ0n) is 21.9. The molecule has 2 unspecified atom stereocenters. The van der Waals surface area contributed by atoms with E-state index in [0.717, 1.165) is 16.9 Å². The molecule has 39 heavy (non-hydrogen) atoms. The zero-order chi connectivity index (χ0) is 27.5. The van der Waals surface area contributed by atoms with Gasteiger partial charge in [0.25, 0.3) is 5.91 Å². The number of nitrogens with one attached hydrogen (secondary N) is 1. The molecule has 0 radical (unpaired) electrons.